The summed E-state index contributed by atoms with van der Waals surface area (Å²) in [5, 5.41) is 18.2. The second-order valence-electron chi connectivity index (χ2n) is 9.75. The molecule has 37 heavy (non-hydrogen) atoms. The minimum Gasteiger partial charge on any atom is -0.481 e. The molecule has 3 aromatic heterocycles. The number of fused-ring (bicyclic) bond motifs is 2. The van der Waals surface area contributed by atoms with Crippen LogP contribution in [-0.2, 0) is 4.79 Å². The quantitative estimate of drug-likeness (QED) is 0.291. The van der Waals surface area contributed by atoms with Crippen LogP contribution in [0.3, 0.4) is 0 Å². The van der Waals surface area contributed by atoms with E-state index >= 15 is 0 Å². The Morgan fingerprint density at radius 2 is 1.86 bits per heavy atom. The molecule has 0 aliphatic heterocycles. The van der Waals surface area contributed by atoms with Gasteiger partial charge in [0, 0.05) is 11.3 Å². The largest absolute Gasteiger partial charge is 0.481 e. The first-order valence-electron chi connectivity index (χ1n) is 12.3. The van der Waals surface area contributed by atoms with Crippen molar-refractivity contribution < 1.29 is 14.3 Å². The van der Waals surface area contributed by atoms with E-state index in [4.69, 9.17) is 15.2 Å². The minimum absolute atomic E-state index is 0.0633. The van der Waals surface area contributed by atoms with Crippen LogP contribution in [0.2, 0.25) is 0 Å². The van der Waals surface area contributed by atoms with Crippen LogP contribution in [0, 0.1) is 19.8 Å². The van der Waals surface area contributed by atoms with E-state index in [2.05, 4.69) is 26.3 Å². The number of hydrogen-bond donors (Lipinski definition) is 3. The molecule has 6 rings (SSSR count). The molecule has 1 aliphatic carbocycles. The van der Waals surface area contributed by atoms with Crippen molar-refractivity contribution >= 4 is 45.6 Å². The highest BCUT2D eigenvalue weighted by Gasteiger charge is 2.29. The maximum absolute atomic E-state index is 11.4. The van der Waals surface area contributed by atoms with Gasteiger partial charge in [-0.05, 0) is 68.9 Å². The van der Waals surface area contributed by atoms with E-state index in [0.717, 1.165) is 46.3 Å². The summed E-state index contributed by atoms with van der Waals surface area (Å²) in [7, 11) is 0. The van der Waals surface area contributed by atoms with Gasteiger partial charge in [0.2, 0.25) is 0 Å². The van der Waals surface area contributed by atoms with Gasteiger partial charge in [-0.25, -0.2) is 14.6 Å². The summed E-state index contributed by atoms with van der Waals surface area (Å²) in [6.45, 7) is 4.05. The average Bonchev–Trinajstić information content (AvgIpc) is 3.47. The summed E-state index contributed by atoms with van der Waals surface area (Å²) in [6.07, 6.45) is 4.13. The van der Waals surface area contributed by atoms with Crippen molar-refractivity contribution in [1.29, 1.82) is 0 Å². The van der Waals surface area contributed by atoms with Gasteiger partial charge in [-0.3, -0.25) is 4.79 Å². The molecule has 0 radical (unpaired) electrons. The number of nitrogens with zero attached hydrogens (tertiary/aromatic N) is 5. The number of oxazole rings is 1. The predicted molar refractivity (Wildman–Crippen MR) is 141 cm³/mol. The van der Waals surface area contributed by atoms with E-state index in [0.29, 0.717) is 41.4 Å². The minimum atomic E-state index is -0.729. The number of aromatic nitrogens is 5. The number of benzene rings is 2. The van der Waals surface area contributed by atoms with Crippen molar-refractivity contribution in [3.05, 3.63) is 53.9 Å². The molecule has 0 bridgehead atoms. The van der Waals surface area contributed by atoms with E-state index in [-0.39, 0.29) is 12.0 Å². The SMILES string of the molecule is Cc1cc(C)c2oc(Nc3ccc(-c4nn([C@H]5CC[C@@H](C(=O)O)CC5)c5ncnc(N)c45)cc3)nc2c1. The Bertz CT molecular complexity index is 1630. The first-order valence-corrected chi connectivity index (χ1v) is 12.3. The van der Waals surface area contributed by atoms with Gasteiger partial charge in [0.1, 0.15) is 23.4 Å². The highest BCUT2D eigenvalue weighted by atomic mass is 16.4. The number of nitrogens with one attached hydrogen (secondary N) is 1. The summed E-state index contributed by atoms with van der Waals surface area (Å²) in [6, 6.07) is 12.4. The first-order chi connectivity index (χ1) is 17.9. The van der Waals surface area contributed by atoms with E-state index < -0.39 is 5.97 Å². The number of carboxylic acids is 1. The van der Waals surface area contributed by atoms with E-state index in [1.54, 1.807) is 0 Å². The Morgan fingerprint density at radius 3 is 2.59 bits per heavy atom. The number of rotatable bonds is 5. The standard InChI is InChI=1S/C27H27N7O3/c1-14-11-15(2)23-20(12-14)32-27(37-23)31-18-7-3-16(4-8-18)22-21-24(28)29-13-30-25(21)34(33-22)19-9-5-17(6-10-19)26(35)36/h3-4,7-8,11-13,17,19H,5-6,9-10H2,1-2H3,(H,31,32)(H,35,36)(H2,28,29,30)/t17-,19+. The Morgan fingerprint density at radius 1 is 1.11 bits per heavy atom. The van der Waals surface area contributed by atoms with Gasteiger partial charge in [0.15, 0.2) is 11.2 Å². The van der Waals surface area contributed by atoms with Gasteiger partial charge in [0.05, 0.1) is 17.3 Å². The van der Waals surface area contributed by atoms with E-state index in [1.807, 2.05) is 48.9 Å². The molecule has 0 unspecified atom stereocenters. The second kappa shape index (κ2) is 8.88. The fourth-order valence-electron chi connectivity index (χ4n) is 5.28. The van der Waals surface area contributed by atoms with Crippen molar-refractivity contribution in [2.75, 3.05) is 11.1 Å². The fraction of sp³-hybridized carbons (Fsp3) is 0.296. The molecule has 0 spiro atoms. The number of aryl methyl sites for hydroxylation is 2. The number of nitrogens with two attached hydrogens (primary N) is 1. The van der Waals surface area contributed by atoms with Gasteiger partial charge in [-0.15, -0.1) is 0 Å². The third-order valence-electron chi connectivity index (χ3n) is 7.14. The summed E-state index contributed by atoms with van der Waals surface area (Å²) < 4.78 is 7.83. The Balaban J connectivity index is 1.30. The molecular formula is C27H27N7O3. The highest BCUT2D eigenvalue weighted by molar-refractivity contribution is 5.98. The van der Waals surface area contributed by atoms with Crippen LogP contribution >= 0.6 is 0 Å². The van der Waals surface area contributed by atoms with Gasteiger partial charge >= 0.3 is 5.97 Å². The number of carboxylic acid groups (broad SMARTS) is 1. The second-order valence-corrected chi connectivity index (χ2v) is 9.75. The van der Waals surface area contributed by atoms with Crippen LogP contribution in [0.25, 0.3) is 33.4 Å². The number of carbonyl (C=O) groups is 1. The van der Waals surface area contributed by atoms with Crippen LogP contribution in [0.4, 0.5) is 17.5 Å². The molecule has 1 aliphatic rings. The highest BCUT2D eigenvalue weighted by Crippen LogP contribution is 2.38. The molecule has 0 atom stereocenters. The normalized spacial score (nSPS) is 17.9. The molecule has 0 saturated heterocycles. The zero-order valence-electron chi connectivity index (χ0n) is 20.6. The lowest BCUT2D eigenvalue weighted by atomic mass is 9.86. The summed E-state index contributed by atoms with van der Waals surface area (Å²) in [5.41, 5.74) is 13.1. The van der Waals surface area contributed by atoms with Gasteiger partial charge in [-0.1, -0.05) is 18.2 Å². The van der Waals surface area contributed by atoms with Gasteiger partial charge in [0.25, 0.3) is 6.01 Å². The lowest BCUT2D eigenvalue weighted by Gasteiger charge is -2.26. The first kappa shape index (κ1) is 23.0. The molecule has 3 heterocycles. The van der Waals surface area contributed by atoms with Crippen molar-refractivity contribution in [2.45, 2.75) is 45.6 Å². The van der Waals surface area contributed by atoms with Gasteiger partial charge < -0.3 is 20.6 Å². The third-order valence-corrected chi connectivity index (χ3v) is 7.14. The lowest BCUT2D eigenvalue weighted by molar-refractivity contribution is -0.143. The summed E-state index contributed by atoms with van der Waals surface area (Å²) in [4.78, 5) is 24.6. The molecule has 1 fully saturated rings. The van der Waals surface area contributed by atoms with Crippen LogP contribution in [0.1, 0.15) is 42.9 Å². The smallest absolute Gasteiger partial charge is 0.306 e. The topological polar surface area (TPSA) is 145 Å². The molecule has 2 aromatic carbocycles. The molecule has 10 nitrogen and oxygen atoms in total. The van der Waals surface area contributed by atoms with Crippen molar-refractivity contribution in [3.8, 4) is 11.3 Å². The van der Waals surface area contributed by atoms with Crippen molar-refractivity contribution in [1.82, 2.24) is 24.7 Å². The predicted octanol–water partition coefficient (Wildman–Crippen LogP) is 5.39. The Kier molecular flexibility index (Phi) is 5.51. The Labute approximate surface area is 212 Å². The zero-order chi connectivity index (χ0) is 25.7. The van der Waals surface area contributed by atoms with Crippen LogP contribution in [0.5, 0.6) is 0 Å². The van der Waals surface area contributed by atoms with Gasteiger partial charge in [-0.2, -0.15) is 10.1 Å². The van der Waals surface area contributed by atoms with Crippen molar-refractivity contribution in [3.63, 3.8) is 0 Å². The lowest BCUT2D eigenvalue weighted by Crippen LogP contribution is -2.24. The zero-order valence-corrected chi connectivity index (χ0v) is 20.6. The van der Waals surface area contributed by atoms with Crippen molar-refractivity contribution in [2.24, 2.45) is 5.92 Å². The maximum atomic E-state index is 11.4. The van der Waals surface area contributed by atoms with E-state index in [9.17, 15) is 9.90 Å². The molecule has 1 saturated carbocycles. The Hall–Kier alpha value is -4.47. The average molecular weight is 498 g/mol. The monoisotopic (exact) mass is 497 g/mol. The molecule has 10 heteroatoms. The van der Waals surface area contributed by atoms with Crippen LogP contribution in [-0.4, -0.2) is 35.8 Å². The number of aliphatic carboxylic acids is 1. The number of anilines is 3. The van der Waals surface area contributed by atoms with E-state index in [1.165, 1.54) is 6.33 Å². The summed E-state index contributed by atoms with van der Waals surface area (Å²) in [5.74, 6) is -0.663. The maximum Gasteiger partial charge on any atom is 0.306 e. The molecule has 0 amide bonds. The van der Waals surface area contributed by atoms with Crippen LogP contribution < -0.4 is 11.1 Å². The van der Waals surface area contributed by atoms with Crippen LogP contribution in [0.15, 0.2) is 47.1 Å². The molecule has 188 valence electrons. The number of nitrogen functional groups attached to an aromatic ring is 1. The molecular weight excluding hydrogens is 470 g/mol. The fourth-order valence-corrected chi connectivity index (χ4v) is 5.28. The summed E-state index contributed by atoms with van der Waals surface area (Å²) >= 11 is 0. The molecule has 4 N–H and O–H groups in total. The number of hydrogen-bond acceptors (Lipinski definition) is 8. The molecule has 5 aromatic rings. The third kappa shape index (κ3) is 4.14.